The summed E-state index contributed by atoms with van der Waals surface area (Å²) < 4.78 is 29.7. The van der Waals surface area contributed by atoms with Gasteiger partial charge in [-0.3, -0.25) is 4.79 Å². The lowest BCUT2D eigenvalue weighted by atomic mass is 9.96. The van der Waals surface area contributed by atoms with Crippen LogP contribution in [-0.2, 0) is 31.0 Å². The topological polar surface area (TPSA) is 133 Å². The Morgan fingerprint density at radius 3 is 2.55 bits per heavy atom. The van der Waals surface area contributed by atoms with Gasteiger partial charge in [0, 0.05) is 29.8 Å². The molecule has 0 radical (unpaired) electrons. The molecule has 49 heavy (non-hydrogen) atoms. The number of nitrogens with zero attached hydrogens (tertiary/aromatic N) is 1. The number of rotatable bonds is 14. The first-order chi connectivity index (χ1) is 23.8. The predicted octanol–water partition coefficient (Wildman–Crippen LogP) is 7.00. The van der Waals surface area contributed by atoms with Crippen LogP contribution in [0.3, 0.4) is 0 Å². The lowest BCUT2D eigenvalue weighted by Crippen LogP contribution is -2.28. The SMILES string of the molecule is Cc1c(COc2cc(OCc3cccc(-c4nc(CC(=O)O)co4)c3)c(CNC(C)CO)cc2Cl)cccc1-c1ccc2c(c1)OCCO2. The monoisotopic (exact) mass is 684 g/mol. The average molecular weight is 685 g/mol. The van der Waals surface area contributed by atoms with Crippen LogP contribution in [0, 0.1) is 6.92 Å². The summed E-state index contributed by atoms with van der Waals surface area (Å²) >= 11 is 6.75. The van der Waals surface area contributed by atoms with Crippen molar-refractivity contribution in [2.45, 2.75) is 46.1 Å². The molecular weight excluding hydrogens is 648 g/mol. The van der Waals surface area contributed by atoms with E-state index in [0.29, 0.717) is 53.4 Å². The summed E-state index contributed by atoms with van der Waals surface area (Å²) in [5, 5.41) is 22.3. The minimum absolute atomic E-state index is 0.0163. The number of aliphatic carboxylic acids is 1. The molecule has 1 aliphatic heterocycles. The van der Waals surface area contributed by atoms with Crippen molar-refractivity contribution in [3.63, 3.8) is 0 Å². The van der Waals surface area contributed by atoms with Gasteiger partial charge in [0.05, 0.1) is 23.7 Å². The Hall–Kier alpha value is -5.03. The van der Waals surface area contributed by atoms with E-state index in [1.807, 2.05) is 67.6 Å². The Kier molecular flexibility index (Phi) is 10.7. The number of carbonyl (C=O) groups is 1. The highest BCUT2D eigenvalue weighted by Gasteiger charge is 2.17. The number of hydrogen-bond acceptors (Lipinski definition) is 9. The Morgan fingerprint density at radius 2 is 1.73 bits per heavy atom. The van der Waals surface area contributed by atoms with Crippen molar-refractivity contribution in [3.05, 3.63) is 112 Å². The van der Waals surface area contributed by atoms with Crippen molar-refractivity contribution in [1.29, 1.82) is 0 Å². The number of fused-ring (bicyclic) bond motifs is 1. The van der Waals surface area contributed by atoms with Gasteiger partial charge in [-0.25, -0.2) is 4.98 Å². The highest BCUT2D eigenvalue weighted by molar-refractivity contribution is 6.32. The normalized spacial score (nSPS) is 12.8. The predicted molar refractivity (Wildman–Crippen MR) is 184 cm³/mol. The molecular formula is C38H37ClN2O8. The standard InChI is InChI=1S/C38H37ClN2O8/c1-23(19-42)40-18-29-14-32(39)35(17-34(29)47-20-25-5-3-6-27(13-25)38-41-30(22-49-38)16-37(43)44)48-21-28-7-4-8-31(24(28)2)26-9-10-33-36(15-26)46-12-11-45-33/h3-10,13-15,17,22-23,40,42H,11-12,16,18-21H2,1-2H3,(H,43,44). The molecule has 1 unspecified atom stereocenters. The Labute approximate surface area is 289 Å². The number of halogens is 1. The van der Waals surface area contributed by atoms with Gasteiger partial charge in [-0.1, -0.05) is 48.0 Å². The van der Waals surface area contributed by atoms with E-state index < -0.39 is 5.97 Å². The molecule has 5 aromatic rings. The Balaban J connectivity index is 1.20. The second-order valence-corrected chi connectivity index (χ2v) is 12.2. The Bertz CT molecular complexity index is 1940. The zero-order valence-electron chi connectivity index (χ0n) is 27.2. The number of aliphatic hydroxyl groups is 1. The summed E-state index contributed by atoms with van der Waals surface area (Å²) in [5.41, 5.74) is 6.87. The van der Waals surface area contributed by atoms with Gasteiger partial charge in [-0.05, 0) is 72.0 Å². The van der Waals surface area contributed by atoms with Crippen LogP contribution in [0.2, 0.25) is 5.02 Å². The average Bonchev–Trinajstić information content (AvgIpc) is 3.58. The summed E-state index contributed by atoms with van der Waals surface area (Å²) in [6.45, 7) is 5.92. The highest BCUT2D eigenvalue weighted by Crippen LogP contribution is 2.37. The van der Waals surface area contributed by atoms with Gasteiger partial charge in [-0.2, -0.15) is 0 Å². The van der Waals surface area contributed by atoms with Gasteiger partial charge in [0.15, 0.2) is 11.5 Å². The molecule has 254 valence electrons. The largest absolute Gasteiger partial charge is 0.488 e. The fourth-order valence-electron chi connectivity index (χ4n) is 5.46. The zero-order valence-corrected chi connectivity index (χ0v) is 28.0. The van der Waals surface area contributed by atoms with Crippen LogP contribution in [0.25, 0.3) is 22.6 Å². The number of benzene rings is 4. The zero-order chi connectivity index (χ0) is 34.3. The van der Waals surface area contributed by atoms with E-state index in [2.05, 4.69) is 23.3 Å². The van der Waals surface area contributed by atoms with Gasteiger partial charge in [0.25, 0.3) is 0 Å². The van der Waals surface area contributed by atoms with Crippen LogP contribution in [0.4, 0.5) is 0 Å². The van der Waals surface area contributed by atoms with E-state index >= 15 is 0 Å². The van der Waals surface area contributed by atoms with Gasteiger partial charge in [0.2, 0.25) is 5.89 Å². The number of ether oxygens (including phenoxy) is 4. The molecule has 1 atom stereocenters. The van der Waals surface area contributed by atoms with Crippen LogP contribution in [0.5, 0.6) is 23.0 Å². The second kappa shape index (κ2) is 15.5. The summed E-state index contributed by atoms with van der Waals surface area (Å²) in [7, 11) is 0. The number of hydrogen-bond donors (Lipinski definition) is 3. The second-order valence-electron chi connectivity index (χ2n) is 11.8. The van der Waals surface area contributed by atoms with Crippen molar-refractivity contribution in [1.82, 2.24) is 10.3 Å². The molecule has 0 saturated heterocycles. The maximum atomic E-state index is 11.1. The van der Waals surface area contributed by atoms with Crippen molar-refractivity contribution < 1.29 is 38.4 Å². The van der Waals surface area contributed by atoms with Crippen LogP contribution >= 0.6 is 11.6 Å². The maximum Gasteiger partial charge on any atom is 0.309 e. The number of carboxylic acid groups (broad SMARTS) is 1. The van der Waals surface area contributed by atoms with E-state index in [1.54, 1.807) is 6.07 Å². The number of oxazole rings is 1. The minimum Gasteiger partial charge on any atom is -0.488 e. The molecule has 2 heterocycles. The smallest absolute Gasteiger partial charge is 0.309 e. The third kappa shape index (κ3) is 8.34. The van der Waals surface area contributed by atoms with Gasteiger partial charge in [-0.15, -0.1) is 0 Å². The summed E-state index contributed by atoms with van der Waals surface area (Å²) in [5.74, 6) is 1.88. The molecule has 0 fully saturated rings. The lowest BCUT2D eigenvalue weighted by Gasteiger charge is -2.20. The number of carboxylic acids is 1. The third-order valence-corrected chi connectivity index (χ3v) is 8.46. The van der Waals surface area contributed by atoms with E-state index in [9.17, 15) is 9.90 Å². The Morgan fingerprint density at radius 1 is 0.939 bits per heavy atom. The van der Waals surface area contributed by atoms with Gasteiger partial charge >= 0.3 is 5.97 Å². The van der Waals surface area contributed by atoms with Crippen LogP contribution in [0.15, 0.2) is 83.5 Å². The van der Waals surface area contributed by atoms with E-state index in [-0.39, 0.29) is 32.3 Å². The van der Waals surface area contributed by atoms with E-state index in [0.717, 1.165) is 44.9 Å². The molecule has 1 aliphatic rings. The first kappa shape index (κ1) is 33.9. The molecule has 10 nitrogen and oxygen atoms in total. The highest BCUT2D eigenvalue weighted by atomic mass is 35.5. The summed E-state index contributed by atoms with van der Waals surface area (Å²) in [6, 6.07) is 23.1. The number of aromatic nitrogens is 1. The first-order valence-corrected chi connectivity index (χ1v) is 16.3. The fourth-order valence-corrected chi connectivity index (χ4v) is 5.70. The molecule has 11 heteroatoms. The maximum absolute atomic E-state index is 11.1. The molecule has 0 bridgehead atoms. The molecule has 0 spiro atoms. The van der Waals surface area contributed by atoms with E-state index in [4.69, 9.17) is 40.1 Å². The van der Waals surface area contributed by atoms with Crippen LogP contribution < -0.4 is 24.3 Å². The summed E-state index contributed by atoms with van der Waals surface area (Å²) in [4.78, 5) is 15.4. The van der Waals surface area contributed by atoms with Gasteiger partial charge in [0.1, 0.15) is 44.2 Å². The minimum atomic E-state index is -0.979. The molecule has 0 aliphatic carbocycles. The molecule has 0 amide bonds. The molecule has 6 rings (SSSR count). The van der Waals surface area contributed by atoms with Crippen molar-refractivity contribution in [2.75, 3.05) is 19.8 Å². The quantitative estimate of drug-likeness (QED) is 0.112. The molecule has 4 aromatic carbocycles. The van der Waals surface area contributed by atoms with Crippen molar-refractivity contribution in [3.8, 4) is 45.6 Å². The van der Waals surface area contributed by atoms with E-state index in [1.165, 1.54) is 6.26 Å². The first-order valence-electron chi connectivity index (χ1n) is 15.9. The molecule has 1 aromatic heterocycles. The van der Waals surface area contributed by atoms with Crippen LogP contribution in [-0.4, -0.2) is 47.0 Å². The number of nitrogens with one attached hydrogen (secondary N) is 1. The van der Waals surface area contributed by atoms with Crippen LogP contribution in [0.1, 0.15) is 34.9 Å². The molecule has 0 saturated carbocycles. The summed E-state index contributed by atoms with van der Waals surface area (Å²) in [6.07, 6.45) is 1.13. The van der Waals surface area contributed by atoms with Gasteiger partial charge < -0.3 is 38.9 Å². The lowest BCUT2D eigenvalue weighted by molar-refractivity contribution is -0.136. The number of aliphatic hydroxyl groups excluding tert-OH is 1. The molecule has 3 N–H and O–H groups in total. The fraction of sp³-hybridized carbons (Fsp3) is 0.263. The third-order valence-electron chi connectivity index (χ3n) is 8.16. The van der Waals surface area contributed by atoms with Crippen molar-refractivity contribution >= 4 is 17.6 Å². The van der Waals surface area contributed by atoms with Crippen molar-refractivity contribution in [2.24, 2.45) is 0 Å².